The number of nitrogens with one attached hydrogen (secondary N) is 1. The number of aryl methyl sites for hydroxylation is 2. The molecule has 1 fully saturated rings. The number of hydrogen-bond acceptors (Lipinski definition) is 5. The Morgan fingerprint density at radius 1 is 1.06 bits per heavy atom. The Bertz CT molecular complexity index is 1180. The minimum Gasteiger partial charge on any atom is -0.283 e. The Labute approximate surface area is 187 Å². The summed E-state index contributed by atoms with van der Waals surface area (Å²) < 4.78 is 1.73. The van der Waals surface area contributed by atoms with Crippen LogP contribution in [0.4, 0.5) is 5.69 Å². The summed E-state index contributed by atoms with van der Waals surface area (Å²) in [5.41, 5.74) is 8.24. The number of rotatable bonds is 5. The molecule has 1 N–H and O–H groups in total. The number of hydrazine groups is 1. The maximum absolute atomic E-state index is 13.1. The van der Waals surface area contributed by atoms with Gasteiger partial charge in [-0.25, -0.2) is 9.69 Å². The molecule has 1 amide bonds. The fraction of sp³-hybridized carbons (Fsp3) is 0.333. The molecule has 0 unspecified atom stereocenters. The lowest BCUT2D eigenvalue weighted by Crippen LogP contribution is -2.45. The van der Waals surface area contributed by atoms with Crippen molar-refractivity contribution in [2.24, 2.45) is 0 Å². The molecule has 2 heterocycles. The van der Waals surface area contributed by atoms with Crippen molar-refractivity contribution in [3.8, 4) is 16.9 Å². The lowest BCUT2D eigenvalue weighted by molar-refractivity contribution is -0.384. The van der Waals surface area contributed by atoms with Gasteiger partial charge in [-0.1, -0.05) is 36.2 Å². The normalized spacial score (nSPS) is 14.3. The third kappa shape index (κ3) is 4.27. The van der Waals surface area contributed by atoms with Crippen LogP contribution in [0.5, 0.6) is 0 Å². The van der Waals surface area contributed by atoms with Crippen LogP contribution in [-0.2, 0) is 0 Å². The van der Waals surface area contributed by atoms with E-state index in [9.17, 15) is 14.9 Å². The highest BCUT2D eigenvalue weighted by Gasteiger charge is 2.25. The van der Waals surface area contributed by atoms with Crippen molar-refractivity contribution in [1.29, 1.82) is 0 Å². The fourth-order valence-electron chi connectivity index (χ4n) is 4.24. The van der Waals surface area contributed by atoms with Crippen molar-refractivity contribution in [2.75, 3.05) is 13.1 Å². The zero-order valence-corrected chi connectivity index (χ0v) is 18.6. The van der Waals surface area contributed by atoms with E-state index in [1.54, 1.807) is 10.7 Å². The highest BCUT2D eigenvalue weighted by molar-refractivity contribution is 5.95. The van der Waals surface area contributed by atoms with Gasteiger partial charge >= 0.3 is 0 Å². The summed E-state index contributed by atoms with van der Waals surface area (Å²) in [4.78, 5) is 24.1. The van der Waals surface area contributed by atoms with E-state index in [4.69, 9.17) is 5.10 Å². The molecule has 0 bridgehead atoms. The lowest BCUT2D eigenvalue weighted by Gasteiger charge is -2.26. The largest absolute Gasteiger partial charge is 0.286 e. The first-order valence-corrected chi connectivity index (χ1v) is 10.8. The molecule has 0 aliphatic carbocycles. The second-order valence-electron chi connectivity index (χ2n) is 8.32. The number of piperidine rings is 1. The van der Waals surface area contributed by atoms with Gasteiger partial charge in [-0.3, -0.25) is 20.3 Å². The van der Waals surface area contributed by atoms with E-state index in [-0.39, 0.29) is 11.6 Å². The molecule has 3 aromatic rings. The van der Waals surface area contributed by atoms with Gasteiger partial charge in [0, 0.05) is 36.3 Å². The predicted octanol–water partition coefficient (Wildman–Crippen LogP) is 4.50. The Kier molecular flexibility index (Phi) is 6.05. The molecule has 0 atom stereocenters. The van der Waals surface area contributed by atoms with Crippen molar-refractivity contribution in [1.82, 2.24) is 20.2 Å². The molecule has 1 aliphatic heterocycles. The van der Waals surface area contributed by atoms with Gasteiger partial charge in [0.15, 0.2) is 5.69 Å². The van der Waals surface area contributed by atoms with Gasteiger partial charge in [0.1, 0.15) is 0 Å². The van der Waals surface area contributed by atoms with E-state index >= 15 is 0 Å². The van der Waals surface area contributed by atoms with Crippen LogP contribution in [0.1, 0.15) is 46.4 Å². The maximum Gasteiger partial charge on any atom is 0.286 e. The van der Waals surface area contributed by atoms with Crippen molar-refractivity contribution in [3.63, 3.8) is 0 Å². The smallest absolute Gasteiger partial charge is 0.283 e. The summed E-state index contributed by atoms with van der Waals surface area (Å²) in [6.07, 6.45) is 3.27. The summed E-state index contributed by atoms with van der Waals surface area (Å²) >= 11 is 0. The first-order chi connectivity index (χ1) is 15.3. The second kappa shape index (κ2) is 8.92. The number of hydrogen-bond donors (Lipinski definition) is 1. The van der Waals surface area contributed by atoms with E-state index < -0.39 is 4.92 Å². The van der Waals surface area contributed by atoms with E-state index in [0.29, 0.717) is 22.5 Å². The minimum atomic E-state index is -0.416. The average Bonchev–Trinajstić information content (AvgIpc) is 3.11. The molecule has 0 spiro atoms. The van der Waals surface area contributed by atoms with Crippen LogP contribution in [0.25, 0.3) is 16.9 Å². The zero-order chi connectivity index (χ0) is 22.8. The van der Waals surface area contributed by atoms with E-state index in [0.717, 1.165) is 42.7 Å². The Hall–Kier alpha value is -3.52. The number of non-ortho nitro benzene ring substituents is 1. The fourth-order valence-corrected chi connectivity index (χ4v) is 4.24. The van der Waals surface area contributed by atoms with E-state index in [1.807, 2.05) is 44.0 Å². The SMILES string of the molecule is Cc1ccc(-n2nc(C(=O)NN3CCCCC3)c(C)c2-c2cccc([N+](=O)[O-])c2)c(C)c1. The van der Waals surface area contributed by atoms with Gasteiger partial charge in [0.2, 0.25) is 0 Å². The number of carbonyl (C=O) groups excluding carboxylic acids is 1. The van der Waals surface area contributed by atoms with Crippen LogP contribution in [0.15, 0.2) is 42.5 Å². The van der Waals surface area contributed by atoms with Crippen LogP contribution in [0, 0.1) is 30.9 Å². The average molecular weight is 434 g/mol. The molecule has 0 radical (unpaired) electrons. The van der Waals surface area contributed by atoms with Crippen molar-refractivity contribution in [2.45, 2.75) is 40.0 Å². The molecular weight excluding hydrogens is 406 g/mol. The van der Waals surface area contributed by atoms with Crippen LogP contribution in [0.3, 0.4) is 0 Å². The molecular formula is C24H27N5O3. The Morgan fingerprint density at radius 2 is 1.81 bits per heavy atom. The highest BCUT2D eigenvalue weighted by Crippen LogP contribution is 2.32. The summed E-state index contributed by atoms with van der Waals surface area (Å²) in [6.45, 7) is 7.49. The van der Waals surface area contributed by atoms with Crippen LogP contribution < -0.4 is 5.43 Å². The van der Waals surface area contributed by atoms with Crippen LogP contribution in [0.2, 0.25) is 0 Å². The Morgan fingerprint density at radius 3 is 2.50 bits per heavy atom. The van der Waals surface area contributed by atoms with Gasteiger partial charge in [0.25, 0.3) is 11.6 Å². The summed E-state index contributed by atoms with van der Waals surface area (Å²) in [6, 6.07) is 12.4. The molecule has 32 heavy (non-hydrogen) atoms. The van der Waals surface area contributed by atoms with Crippen LogP contribution in [-0.4, -0.2) is 38.7 Å². The number of amides is 1. The monoisotopic (exact) mass is 433 g/mol. The summed E-state index contributed by atoms with van der Waals surface area (Å²) in [5, 5.41) is 18.0. The first-order valence-electron chi connectivity index (χ1n) is 10.8. The molecule has 1 aliphatic rings. The molecule has 1 saturated heterocycles. The number of nitro benzene ring substituents is 1. The zero-order valence-electron chi connectivity index (χ0n) is 18.6. The van der Waals surface area contributed by atoms with Crippen LogP contribution >= 0.6 is 0 Å². The number of nitro groups is 1. The van der Waals surface area contributed by atoms with Crippen molar-refractivity contribution >= 4 is 11.6 Å². The van der Waals surface area contributed by atoms with Gasteiger partial charge in [-0.05, 0) is 45.2 Å². The molecule has 8 nitrogen and oxygen atoms in total. The lowest BCUT2D eigenvalue weighted by atomic mass is 10.0. The van der Waals surface area contributed by atoms with Crippen molar-refractivity contribution < 1.29 is 9.72 Å². The predicted molar refractivity (Wildman–Crippen MR) is 123 cm³/mol. The van der Waals surface area contributed by atoms with Gasteiger partial charge in [0.05, 0.1) is 16.3 Å². The topological polar surface area (TPSA) is 93.3 Å². The maximum atomic E-state index is 13.1. The van der Waals surface area contributed by atoms with Gasteiger partial charge < -0.3 is 0 Å². The summed E-state index contributed by atoms with van der Waals surface area (Å²) in [7, 11) is 0. The van der Waals surface area contributed by atoms with E-state index in [1.165, 1.54) is 18.6 Å². The van der Waals surface area contributed by atoms with E-state index in [2.05, 4.69) is 11.5 Å². The molecule has 4 rings (SSSR count). The number of benzene rings is 2. The van der Waals surface area contributed by atoms with Crippen molar-refractivity contribution in [3.05, 3.63) is 75.0 Å². The molecule has 166 valence electrons. The number of aromatic nitrogens is 2. The molecule has 1 aromatic heterocycles. The number of carbonyl (C=O) groups is 1. The van der Waals surface area contributed by atoms with Gasteiger partial charge in [-0.15, -0.1) is 0 Å². The third-order valence-corrected chi connectivity index (χ3v) is 5.86. The quantitative estimate of drug-likeness (QED) is 0.472. The van der Waals surface area contributed by atoms with Gasteiger partial charge in [-0.2, -0.15) is 5.10 Å². The second-order valence-corrected chi connectivity index (χ2v) is 8.32. The first kappa shape index (κ1) is 21.7. The summed E-state index contributed by atoms with van der Waals surface area (Å²) in [5.74, 6) is -0.264. The Balaban J connectivity index is 1.84. The third-order valence-electron chi connectivity index (χ3n) is 5.86. The highest BCUT2D eigenvalue weighted by atomic mass is 16.6. The minimum absolute atomic E-state index is 0.00500. The number of nitrogens with zero attached hydrogens (tertiary/aromatic N) is 4. The molecule has 2 aromatic carbocycles. The molecule has 0 saturated carbocycles. The standard InChI is InChI=1S/C24H27N5O3/c1-16-10-11-21(17(2)14-16)28-23(19-8-7-9-20(15-19)29(31)32)18(3)22(25-28)24(30)26-27-12-5-4-6-13-27/h7-11,14-15H,4-6,12-13H2,1-3H3,(H,26,30). The molecule has 8 heteroatoms.